The predicted molar refractivity (Wildman–Crippen MR) is 143 cm³/mol. The van der Waals surface area contributed by atoms with Crippen molar-refractivity contribution in [1.29, 1.82) is 0 Å². The number of halogens is 2. The van der Waals surface area contributed by atoms with E-state index in [4.69, 9.17) is 23.2 Å². The molecular formula is C29H29Cl2NO5. The second kappa shape index (κ2) is 10.4. The Kier molecular flexibility index (Phi) is 7.65. The van der Waals surface area contributed by atoms with Crippen LogP contribution in [0, 0.1) is 5.41 Å². The van der Waals surface area contributed by atoms with E-state index in [-0.39, 0.29) is 22.9 Å². The number of piperidine rings is 1. The van der Waals surface area contributed by atoms with Crippen LogP contribution in [-0.4, -0.2) is 52.5 Å². The lowest BCUT2D eigenvalue weighted by molar-refractivity contribution is -0.146. The standard InChI is InChI=1S/C29H29Cl2NO5/c1-18(33)29(21-6-4-3-5-7-21)12-14-32(15-13-29)17-20-16-28(2,27(36)37)24(23(25(20)31)26(34)35)19-8-10-22(30)11-9-19/h3-11,16,24H,12-15,17H2,1-2H3,(H,34,35)(H,36,37). The molecule has 0 radical (unpaired) electrons. The van der Waals surface area contributed by atoms with Crippen molar-refractivity contribution in [2.75, 3.05) is 19.6 Å². The third kappa shape index (κ3) is 4.98. The summed E-state index contributed by atoms with van der Waals surface area (Å²) in [7, 11) is 0. The molecule has 0 amide bonds. The van der Waals surface area contributed by atoms with E-state index in [1.165, 1.54) is 6.92 Å². The number of carboxylic acid groups (broad SMARTS) is 2. The lowest BCUT2D eigenvalue weighted by atomic mass is 9.65. The maximum atomic E-state index is 12.7. The number of likely N-dealkylation sites (tertiary alicyclic amines) is 1. The van der Waals surface area contributed by atoms with Crippen LogP contribution in [0.15, 0.2) is 76.9 Å². The highest BCUT2D eigenvalue weighted by Gasteiger charge is 2.49. The maximum Gasteiger partial charge on any atom is 0.333 e. The molecule has 2 unspecified atom stereocenters. The number of carbonyl (C=O) groups excluding carboxylic acids is 1. The molecule has 2 atom stereocenters. The van der Waals surface area contributed by atoms with Crippen molar-refractivity contribution in [2.24, 2.45) is 5.41 Å². The van der Waals surface area contributed by atoms with Gasteiger partial charge in [-0.15, -0.1) is 0 Å². The van der Waals surface area contributed by atoms with Crippen molar-refractivity contribution in [3.8, 4) is 0 Å². The Labute approximate surface area is 226 Å². The second-order valence-corrected chi connectivity index (χ2v) is 10.9. The summed E-state index contributed by atoms with van der Waals surface area (Å²) in [5.41, 5.74) is -0.297. The summed E-state index contributed by atoms with van der Waals surface area (Å²) < 4.78 is 0. The number of ketones is 1. The quantitative estimate of drug-likeness (QED) is 0.469. The first-order valence-corrected chi connectivity index (χ1v) is 12.9. The van der Waals surface area contributed by atoms with Crippen LogP contribution in [0.5, 0.6) is 0 Å². The van der Waals surface area contributed by atoms with Gasteiger partial charge in [-0.25, -0.2) is 4.79 Å². The van der Waals surface area contributed by atoms with Gasteiger partial charge in [-0.1, -0.05) is 71.7 Å². The van der Waals surface area contributed by atoms with E-state index < -0.39 is 28.7 Å². The molecule has 0 saturated carbocycles. The summed E-state index contributed by atoms with van der Waals surface area (Å²) in [5.74, 6) is -3.29. The van der Waals surface area contributed by atoms with Crippen LogP contribution in [-0.2, 0) is 19.8 Å². The number of nitrogens with zero attached hydrogens (tertiary/aromatic N) is 1. The van der Waals surface area contributed by atoms with Gasteiger partial charge >= 0.3 is 11.9 Å². The molecule has 8 heteroatoms. The summed E-state index contributed by atoms with van der Waals surface area (Å²) >= 11 is 12.7. The van der Waals surface area contributed by atoms with Gasteiger partial charge in [0.25, 0.3) is 0 Å². The van der Waals surface area contributed by atoms with Crippen LogP contribution in [0.25, 0.3) is 0 Å². The molecule has 2 N–H and O–H groups in total. The lowest BCUT2D eigenvalue weighted by Gasteiger charge is -2.42. The minimum atomic E-state index is -1.54. The van der Waals surface area contributed by atoms with Gasteiger partial charge in [-0.05, 0) is 68.6 Å². The van der Waals surface area contributed by atoms with Gasteiger partial charge in [0.1, 0.15) is 5.78 Å². The summed E-state index contributed by atoms with van der Waals surface area (Å²) in [6, 6.07) is 16.2. The third-order valence-corrected chi connectivity index (χ3v) is 8.58. The van der Waals surface area contributed by atoms with Gasteiger partial charge in [0, 0.05) is 17.5 Å². The number of Topliss-reactive ketones (excluding diaryl/α,β-unsaturated/α-hetero) is 1. The number of benzene rings is 2. The summed E-state index contributed by atoms with van der Waals surface area (Å²) in [5, 5.41) is 20.9. The predicted octanol–water partition coefficient (Wildman–Crippen LogP) is 5.65. The van der Waals surface area contributed by atoms with Crippen molar-refractivity contribution in [3.63, 3.8) is 0 Å². The van der Waals surface area contributed by atoms with E-state index in [0.29, 0.717) is 42.1 Å². The summed E-state index contributed by atoms with van der Waals surface area (Å²) in [4.78, 5) is 39.9. The van der Waals surface area contributed by atoms with Crippen LogP contribution >= 0.6 is 23.2 Å². The molecule has 37 heavy (non-hydrogen) atoms. The molecule has 6 nitrogen and oxygen atoms in total. The van der Waals surface area contributed by atoms with Crippen LogP contribution < -0.4 is 0 Å². The Morgan fingerprint density at radius 2 is 1.57 bits per heavy atom. The Morgan fingerprint density at radius 1 is 0.973 bits per heavy atom. The normalized spacial score (nSPS) is 23.9. The molecule has 4 rings (SSSR count). The average Bonchev–Trinajstić information content (AvgIpc) is 2.87. The van der Waals surface area contributed by atoms with Gasteiger partial charge in [0.2, 0.25) is 0 Å². The molecule has 0 spiro atoms. The molecule has 194 valence electrons. The van der Waals surface area contributed by atoms with Crippen LogP contribution in [0.1, 0.15) is 43.7 Å². The molecule has 1 fully saturated rings. The zero-order chi connectivity index (χ0) is 27.0. The summed E-state index contributed by atoms with van der Waals surface area (Å²) in [6.45, 7) is 4.60. The van der Waals surface area contributed by atoms with Crippen molar-refractivity contribution < 1.29 is 24.6 Å². The fourth-order valence-electron chi connectivity index (χ4n) is 5.73. The Morgan fingerprint density at radius 3 is 2.08 bits per heavy atom. The molecule has 0 aromatic heterocycles. The SMILES string of the molecule is CC(=O)C1(c2ccccc2)CCN(CC2=CC(C)(C(=O)O)C(c3ccc(Cl)cc3)C(C(=O)O)=C2Cl)CC1. The number of carboxylic acids is 2. The topological polar surface area (TPSA) is 94.9 Å². The molecule has 2 aromatic rings. The van der Waals surface area contributed by atoms with E-state index in [9.17, 15) is 24.6 Å². The number of carbonyl (C=O) groups is 3. The largest absolute Gasteiger partial charge is 0.481 e. The van der Waals surface area contributed by atoms with Crippen LogP contribution in [0.3, 0.4) is 0 Å². The first-order chi connectivity index (χ1) is 17.5. The van der Waals surface area contributed by atoms with Gasteiger partial charge in [-0.2, -0.15) is 0 Å². The van der Waals surface area contributed by atoms with E-state index >= 15 is 0 Å². The highest BCUT2D eigenvalue weighted by atomic mass is 35.5. The Bertz CT molecular complexity index is 1280. The number of aliphatic carboxylic acids is 2. The van der Waals surface area contributed by atoms with E-state index in [0.717, 1.165) is 5.56 Å². The fourth-order valence-corrected chi connectivity index (χ4v) is 6.16. The van der Waals surface area contributed by atoms with Crippen molar-refractivity contribution in [3.05, 3.63) is 93.0 Å². The van der Waals surface area contributed by atoms with Gasteiger partial charge in [0.05, 0.1) is 21.4 Å². The minimum Gasteiger partial charge on any atom is -0.481 e. The lowest BCUT2D eigenvalue weighted by Crippen LogP contribution is -2.47. The van der Waals surface area contributed by atoms with E-state index in [1.54, 1.807) is 37.3 Å². The maximum absolute atomic E-state index is 12.7. The third-order valence-electron chi connectivity index (χ3n) is 7.88. The first-order valence-electron chi connectivity index (χ1n) is 12.1. The smallest absolute Gasteiger partial charge is 0.333 e. The van der Waals surface area contributed by atoms with Gasteiger partial charge < -0.3 is 10.2 Å². The second-order valence-electron chi connectivity index (χ2n) is 10.1. The fraction of sp³-hybridized carbons (Fsp3) is 0.345. The molecule has 1 aliphatic carbocycles. The van der Waals surface area contributed by atoms with Crippen molar-refractivity contribution in [1.82, 2.24) is 4.90 Å². The first kappa shape index (κ1) is 27.1. The zero-order valence-corrected chi connectivity index (χ0v) is 22.2. The van der Waals surface area contributed by atoms with E-state index in [1.807, 2.05) is 30.3 Å². The average molecular weight is 542 g/mol. The summed E-state index contributed by atoms with van der Waals surface area (Å²) in [6.07, 6.45) is 2.81. The number of rotatable bonds is 7. The number of hydrogen-bond donors (Lipinski definition) is 2. The molecule has 1 heterocycles. The zero-order valence-electron chi connectivity index (χ0n) is 20.7. The highest BCUT2D eigenvalue weighted by molar-refractivity contribution is 6.34. The Balaban J connectivity index is 1.66. The molecule has 1 aliphatic heterocycles. The molecule has 0 bridgehead atoms. The van der Waals surface area contributed by atoms with Crippen LogP contribution in [0.2, 0.25) is 5.02 Å². The van der Waals surface area contributed by atoms with Gasteiger partial charge in [-0.3, -0.25) is 14.5 Å². The van der Waals surface area contributed by atoms with Gasteiger partial charge in [0.15, 0.2) is 0 Å². The highest BCUT2D eigenvalue weighted by Crippen LogP contribution is 2.50. The van der Waals surface area contributed by atoms with Crippen molar-refractivity contribution >= 4 is 40.9 Å². The molecule has 2 aromatic carbocycles. The van der Waals surface area contributed by atoms with Crippen molar-refractivity contribution in [2.45, 2.75) is 38.0 Å². The molecule has 2 aliphatic rings. The molecular weight excluding hydrogens is 513 g/mol. The Hall–Kier alpha value is -2.93. The minimum absolute atomic E-state index is 0.0534. The monoisotopic (exact) mass is 541 g/mol. The van der Waals surface area contributed by atoms with Crippen LogP contribution in [0.4, 0.5) is 0 Å². The molecule has 1 saturated heterocycles. The number of hydrogen-bond acceptors (Lipinski definition) is 4. The van der Waals surface area contributed by atoms with E-state index in [2.05, 4.69) is 4.90 Å².